The van der Waals surface area contributed by atoms with Crippen molar-refractivity contribution in [3.8, 4) is 17.4 Å². The fourth-order valence-corrected chi connectivity index (χ4v) is 2.85. The Morgan fingerprint density at radius 3 is 2.56 bits per heavy atom. The van der Waals surface area contributed by atoms with Crippen LogP contribution in [0.3, 0.4) is 0 Å². The number of ether oxygens (including phenoxy) is 2. The van der Waals surface area contributed by atoms with E-state index < -0.39 is 0 Å². The number of rotatable bonds is 10. The summed E-state index contributed by atoms with van der Waals surface area (Å²) in [6, 6.07) is 13.3. The van der Waals surface area contributed by atoms with Crippen molar-refractivity contribution in [1.82, 2.24) is 20.8 Å². The molecule has 0 saturated carbocycles. The van der Waals surface area contributed by atoms with Gasteiger partial charge in [0.2, 0.25) is 5.88 Å². The van der Waals surface area contributed by atoms with Gasteiger partial charge in [0.25, 0.3) is 0 Å². The highest BCUT2D eigenvalue weighted by molar-refractivity contribution is 5.79. The van der Waals surface area contributed by atoms with Crippen molar-refractivity contribution in [2.24, 2.45) is 4.99 Å². The molecule has 8 nitrogen and oxygen atoms in total. The molecule has 0 spiro atoms. The number of pyridine rings is 1. The van der Waals surface area contributed by atoms with Gasteiger partial charge in [0.1, 0.15) is 0 Å². The standard InChI is InChI=1S/C24H31N5O3/c1-5-25-24(28-16-19-13-20(17(3)4)29-32-19)27-15-18-11-12-23(26-14-18)31-22-10-8-7-9-21(22)30-6-2/h7-14,17H,5-6,15-16H2,1-4H3,(H2,25,27,28). The van der Waals surface area contributed by atoms with E-state index in [0.29, 0.717) is 49.0 Å². The molecule has 0 aliphatic rings. The lowest BCUT2D eigenvalue weighted by Crippen LogP contribution is -2.36. The fraction of sp³-hybridized carbons (Fsp3) is 0.375. The molecule has 3 rings (SSSR count). The zero-order chi connectivity index (χ0) is 22.8. The van der Waals surface area contributed by atoms with Crippen molar-refractivity contribution in [1.29, 1.82) is 0 Å². The van der Waals surface area contributed by atoms with Crippen LogP contribution in [0.5, 0.6) is 17.4 Å². The summed E-state index contributed by atoms with van der Waals surface area (Å²) in [4.78, 5) is 9.03. The van der Waals surface area contributed by atoms with Gasteiger partial charge >= 0.3 is 0 Å². The van der Waals surface area contributed by atoms with Gasteiger partial charge in [0, 0.05) is 24.9 Å². The Balaban J connectivity index is 1.58. The second-order valence-electron chi connectivity index (χ2n) is 7.41. The van der Waals surface area contributed by atoms with Crippen LogP contribution in [0.15, 0.2) is 58.2 Å². The van der Waals surface area contributed by atoms with Crippen LogP contribution in [0.4, 0.5) is 0 Å². The molecule has 0 aliphatic carbocycles. The van der Waals surface area contributed by atoms with Crippen molar-refractivity contribution in [2.45, 2.75) is 46.7 Å². The highest BCUT2D eigenvalue weighted by atomic mass is 16.5. The summed E-state index contributed by atoms with van der Waals surface area (Å²) in [6.45, 7) is 10.4. The third-order valence-corrected chi connectivity index (χ3v) is 4.52. The molecule has 0 unspecified atom stereocenters. The maximum atomic E-state index is 5.87. The molecular weight excluding hydrogens is 406 g/mol. The topological polar surface area (TPSA) is 93.8 Å². The van der Waals surface area contributed by atoms with E-state index in [-0.39, 0.29) is 0 Å². The highest BCUT2D eigenvalue weighted by Crippen LogP contribution is 2.30. The predicted octanol–water partition coefficient (Wildman–Crippen LogP) is 4.64. The van der Waals surface area contributed by atoms with Crippen molar-refractivity contribution in [2.75, 3.05) is 13.2 Å². The Kier molecular flexibility index (Phi) is 8.48. The summed E-state index contributed by atoms with van der Waals surface area (Å²) in [6.07, 6.45) is 1.76. The van der Waals surface area contributed by atoms with Crippen molar-refractivity contribution < 1.29 is 14.0 Å². The monoisotopic (exact) mass is 437 g/mol. The normalized spacial score (nSPS) is 11.5. The summed E-state index contributed by atoms with van der Waals surface area (Å²) >= 11 is 0. The maximum absolute atomic E-state index is 5.87. The zero-order valence-electron chi connectivity index (χ0n) is 19.1. The summed E-state index contributed by atoms with van der Waals surface area (Å²) < 4.78 is 16.8. The van der Waals surface area contributed by atoms with E-state index in [1.165, 1.54) is 0 Å². The molecule has 170 valence electrons. The number of hydrogen-bond acceptors (Lipinski definition) is 6. The summed E-state index contributed by atoms with van der Waals surface area (Å²) in [7, 11) is 0. The second-order valence-corrected chi connectivity index (χ2v) is 7.41. The van der Waals surface area contributed by atoms with E-state index in [4.69, 9.17) is 14.0 Å². The number of benzene rings is 1. The lowest BCUT2D eigenvalue weighted by molar-refractivity contribution is 0.319. The Bertz CT molecular complexity index is 999. The first-order valence-electron chi connectivity index (χ1n) is 10.9. The molecule has 0 bridgehead atoms. The minimum atomic E-state index is 0.335. The van der Waals surface area contributed by atoms with Crippen LogP contribution in [0.1, 0.15) is 50.6 Å². The van der Waals surface area contributed by atoms with E-state index in [2.05, 4.69) is 39.6 Å². The number of aliphatic imine (C=N–C) groups is 1. The van der Waals surface area contributed by atoms with Gasteiger partial charge < -0.3 is 24.6 Å². The van der Waals surface area contributed by atoms with Crippen molar-refractivity contribution in [3.05, 3.63) is 65.7 Å². The number of nitrogens with zero attached hydrogens (tertiary/aromatic N) is 3. The molecule has 0 saturated heterocycles. The number of guanidine groups is 1. The number of aromatic nitrogens is 2. The molecule has 2 N–H and O–H groups in total. The second kappa shape index (κ2) is 11.7. The first-order chi connectivity index (χ1) is 15.6. The van der Waals surface area contributed by atoms with E-state index in [0.717, 1.165) is 23.6 Å². The molecule has 2 aromatic heterocycles. The van der Waals surface area contributed by atoms with E-state index in [1.54, 1.807) is 6.20 Å². The first kappa shape index (κ1) is 23.1. The van der Waals surface area contributed by atoms with E-state index in [9.17, 15) is 0 Å². The molecule has 0 radical (unpaired) electrons. The molecule has 0 fully saturated rings. The number of nitrogens with one attached hydrogen (secondary N) is 2. The Hall–Kier alpha value is -3.55. The van der Waals surface area contributed by atoms with Crippen LogP contribution in [0.2, 0.25) is 0 Å². The van der Waals surface area contributed by atoms with Crippen molar-refractivity contribution in [3.63, 3.8) is 0 Å². The Labute approximate surface area is 189 Å². The molecule has 8 heteroatoms. The first-order valence-corrected chi connectivity index (χ1v) is 10.9. The summed E-state index contributed by atoms with van der Waals surface area (Å²) in [5.74, 6) is 3.64. The average Bonchev–Trinajstić information content (AvgIpc) is 3.28. The van der Waals surface area contributed by atoms with Crippen LogP contribution in [0, 0.1) is 0 Å². The third kappa shape index (κ3) is 6.73. The van der Waals surface area contributed by atoms with Crippen LogP contribution in [0.25, 0.3) is 0 Å². The summed E-state index contributed by atoms with van der Waals surface area (Å²) in [5, 5.41) is 10.6. The van der Waals surface area contributed by atoms with Gasteiger partial charge in [-0.15, -0.1) is 0 Å². The van der Waals surface area contributed by atoms with Crippen LogP contribution < -0.4 is 20.1 Å². The largest absolute Gasteiger partial charge is 0.490 e. The SMILES string of the molecule is CCNC(=NCc1ccc(Oc2ccccc2OCC)nc1)NCc1cc(C(C)C)no1. The third-order valence-electron chi connectivity index (χ3n) is 4.52. The van der Waals surface area contributed by atoms with Crippen LogP contribution >= 0.6 is 0 Å². The van der Waals surface area contributed by atoms with Gasteiger partial charge in [-0.25, -0.2) is 9.98 Å². The van der Waals surface area contributed by atoms with E-state index >= 15 is 0 Å². The molecular formula is C24H31N5O3. The predicted molar refractivity (Wildman–Crippen MR) is 124 cm³/mol. The average molecular weight is 438 g/mol. The van der Waals surface area contributed by atoms with Gasteiger partial charge in [-0.05, 0) is 37.5 Å². The molecule has 0 atom stereocenters. The van der Waals surface area contributed by atoms with Gasteiger partial charge in [-0.1, -0.05) is 37.2 Å². The molecule has 0 amide bonds. The van der Waals surface area contributed by atoms with E-state index in [1.807, 2.05) is 56.3 Å². The molecule has 2 heterocycles. The quantitative estimate of drug-likeness (QED) is 0.352. The lowest BCUT2D eigenvalue weighted by atomic mass is 10.1. The van der Waals surface area contributed by atoms with Gasteiger partial charge in [0.15, 0.2) is 23.2 Å². The summed E-state index contributed by atoms with van der Waals surface area (Å²) in [5.41, 5.74) is 1.91. The number of hydrogen-bond donors (Lipinski definition) is 2. The molecule has 1 aromatic carbocycles. The molecule has 0 aliphatic heterocycles. The smallest absolute Gasteiger partial charge is 0.219 e. The van der Waals surface area contributed by atoms with Crippen LogP contribution in [-0.4, -0.2) is 29.3 Å². The number of para-hydroxylation sites is 2. The molecule has 32 heavy (non-hydrogen) atoms. The molecule has 3 aromatic rings. The van der Waals surface area contributed by atoms with Crippen LogP contribution in [-0.2, 0) is 13.1 Å². The Morgan fingerprint density at radius 1 is 1.09 bits per heavy atom. The minimum absolute atomic E-state index is 0.335. The Morgan fingerprint density at radius 2 is 1.91 bits per heavy atom. The van der Waals surface area contributed by atoms with Crippen molar-refractivity contribution >= 4 is 5.96 Å². The zero-order valence-corrected chi connectivity index (χ0v) is 19.1. The van der Waals surface area contributed by atoms with Gasteiger partial charge in [-0.3, -0.25) is 0 Å². The van der Waals surface area contributed by atoms with Gasteiger partial charge in [0.05, 0.1) is 25.4 Å². The fourth-order valence-electron chi connectivity index (χ4n) is 2.85. The maximum Gasteiger partial charge on any atom is 0.219 e. The highest BCUT2D eigenvalue weighted by Gasteiger charge is 2.09. The minimum Gasteiger partial charge on any atom is -0.490 e. The lowest BCUT2D eigenvalue weighted by Gasteiger charge is -2.11. The van der Waals surface area contributed by atoms with Gasteiger partial charge in [-0.2, -0.15) is 0 Å².